The van der Waals surface area contributed by atoms with E-state index in [2.05, 4.69) is 0 Å². The SMILES string of the molecule is CN(CC1CC(O)C1)c1ccc(N)cc1C(N)=O. The Kier molecular flexibility index (Phi) is 3.43. The molecule has 1 aromatic carbocycles. The Bertz CT molecular complexity index is 456. The van der Waals surface area contributed by atoms with Crippen LogP contribution in [0.15, 0.2) is 18.2 Å². The summed E-state index contributed by atoms with van der Waals surface area (Å²) in [6, 6.07) is 5.17. The molecule has 1 aromatic rings. The van der Waals surface area contributed by atoms with Crippen LogP contribution in [0, 0.1) is 5.92 Å². The van der Waals surface area contributed by atoms with Gasteiger partial charge in [0.1, 0.15) is 0 Å². The van der Waals surface area contributed by atoms with Gasteiger partial charge in [-0.3, -0.25) is 4.79 Å². The molecule has 0 unspecified atom stereocenters. The standard InChI is InChI=1S/C13H19N3O2/c1-16(7-8-4-10(17)5-8)12-3-2-9(14)6-11(12)13(15)18/h2-3,6,8,10,17H,4-5,7,14H2,1H3,(H2,15,18). The van der Waals surface area contributed by atoms with Crippen LogP contribution in [0.25, 0.3) is 0 Å². The Morgan fingerprint density at radius 2 is 2.17 bits per heavy atom. The minimum Gasteiger partial charge on any atom is -0.399 e. The van der Waals surface area contributed by atoms with Crippen molar-refractivity contribution in [3.8, 4) is 0 Å². The molecular weight excluding hydrogens is 230 g/mol. The van der Waals surface area contributed by atoms with E-state index in [1.165, 1.54) is 0 Å². The number of rotatable bonds is 4. The predicted octanol–water partition coefficient (Wildman–Crippen LogP) is 0.575. The van der Waals surface area contributed by atoms with Gasteiger partial charge in [-0.15, -0.1) is 0 Å². The topological polar surface area (TPSA) is 92.6 Å². The van der Waals surface area contributed by atoms with Crippen molar-refractivity contribution in [2.45, 2.75) is 18.9 Å². The summed E-state index contributed by atoms with van der Waals surface area (Å²) in [4.78, 5) is 13.4. The van der Waals surface area contributed by atoms with Crippen LogP contribution in [-0.2, 0) is 0 Å². The van der Waals surface area contributed by atoms with E-state index in [1.54, 1.807) is 12.1 Å². The Hall–Kier alpha value is -1.75. The molecule has 18 heavy (non-hydrogen) atoms. The number of anilines is 2. The summed E-state index contributed by atoms with van der Waals surface area (Å²) in [7, 11) is 1.92. The van der Waals surface area contributed by atoms with E-state index in [1.807, 2.05) is 18.0 Å². The molecule has 1 fully saturated rings. The number of nitrogens with two attached hydrogens (primary N) is 2. The molecule has 5 N–H and O–H groups in total. The summed E-state index contributed by atoms with van der Waals surface area (Å²) in [6.45, 7) is 0.807. The van der Waals surface area contributed by atoms with Crippen LogP contribution in [0.2, 0.25) is 0 Å². The Morgan fingerprint density at radius 1 is 1.50 bits per heavy atom. The average Bonchev–Trinajstić information content (AvgIpc) is 2.26. The zero-order valence-electron chi connectivity index (χ0n) is 10.5. The van der Waals surface area contributed by atoms with Crippen LogP contribution in [0.4, 0.5) is 11.4 Å². The molecule has 5 nitrogen and oxygen atoms in total. The lowest BCUT2D eigenvalue weighted by molar-refractivity contribution is 0.0464. The molecule has 0 bridgehead atoms. The highest BCUT2D eigenvalue weighted by Crippen LogP contribution is 2.30. The van der Waals surface area contributed by atoms with Gasteiger partial charge in [-0.25, -0.2) is 0 Å². The van der Waals surface area contributed by atoms with E-state index in [4.69, 9.17) is 11.5 Å². The third kappa shape index (κ3) is 2.56. The van der Waals surface area contributed by atoms with E-state index in [-0.39, 0.29) is 6.10 Å². The van der Waals surface area contributed by atoms with Crippen molar-refractivity contribution >= 4 is 17.3 Å². The van der Waals surface area contributed by atoms with Gasteiger partial charge in [-0.1, -0.05) is 0 Å². The van der Waals surface area contributed by atoms with E-state index in [0.717, 1.165) is 25.1 Å². The fourth-order valence-electron chi connectivity index (χ4n) is 2.42. The minimum absolute atomic E-state index is 0.162. The lowest BCUT2D eigenvalue weighted by atomic mass is 9.82. The first-order valence-corrected chi connectivity index (χ1v) is 6.06. The summed E-state index contributed by atoms with van der Waals surface area (Å²) in [5.74, 6) is 0.000994. The number of amides is 1. The fourth-order valence-corrected chi connectivity index (χ4v) is 2.42. The van der Waals surface area contributed by atoms with Crippen molar-refractivity contribution in [3.05, 3.63) is 23.8 Å². The Labute approximate surface area is 106 Å². The molecule has 0 aliphatic heterocycles. The first-order chi connectivity index (χ1) is 8.47. The lowest BCUT2D eigenvalue weighted by Gasteiger charge is -2.35. The monoisotopic (exact) mass is 249 g/mol. The molecule has 0 atom stereocenters. The smallest absolute Gasteiger partial charge is 0.250 e. The summed E-state index contributed by atoms with van der Waals surface area (Å²) < 4.78 is 0. The van der Waals surface area contributed by atoms with Gasteiger partial charge in [-0.2, -0.15) is 0 Å². The third-order valence-corrected chi connectivity index (χ3v) is 3.44. The fraction of sp³-hybridized carbons (Fsp3) is 0.462. The first kappa shape index (κ1) is 12.7. The number of aliphatic hydroxyl groups is 1. The normalized spacial score (nSPS) is 22.3. The number of aliphatic hydroxyl groups excluding tert-OH is 1. The van der Waals surface area contributed by atoms with Crippen molar-refractivity contribution in [2.75, 3.05) is 24.2 Å². The van der Waals surface area contributed by atoms with Gasteiger partial charge in [0.2, 0.25) is 0 Å². The number of hydrogen-bond donors (Lipinski definition) is 3. The molecule has 1 aliphatic rings. The lowest BCUT2D eigenvalue weighted by Crippen LogP contribution is -2.37. The highest BCUT2D eigenvalue weighted by molar-refractivity contribution is 5.99. The van der Waals surface area contributed by atoms with Crippen molar-refractivity contribution in [1.82, 2.24) is 0 Å². The van der Waals surface area contributed by atoms with Gasteiger partial charge in [0.15, 0.2) is 0 Å². The maximum absolute atomic E-state index is 11.4. The quantitative estimate of drug-likeness (QED) is 0.680. The van der Waals surface area contributed by atoms with E-state index in [0.29, 0.717) is 17.2 Å². The molecule has 1 saturated carbocycles. The molecule has 0 saturated heterocycles. The van der Waals surface area contributed by atoms with Gasteiger partial charge in [0, 0.05) is 25.0 Å². The summed E-state index contributed by atoms with van der Waals surface area (Å²) in [6.07, 6.45) is 1.49. The number of primary amides is 1. The van der Waals surface area contributed by atoms with Gasteiger partial charge >= 0.3 is 0 Å². The second-order valence-electron chi connectivity index (χ2n) is 5.01. The molecule has 0 aromatic heterocycles. The van der Waals surface area contributed by atoms with Crippen LogP contribution in [-0.4, -0.2) is 30.7 Å². The first-order valence-electron chi connectivity index (χ1n) is 6.06. The molecule has 0 spiro atoms. The highest BCUT2D eigenvalue weighted by Gasteiger charge is 2.28. The van der Waals surface area contributed by atoms with Crippen LogP contribution in [0.3, 0.4) is 0 Å². The maximum Gasteiger partial charge on any atom is 0.250 e. The summed E-state index contributed by atoms with van der Waals surface area (Å²) in [5.41, 5.74) is 12.8. The molecule has 2 rings (SSSR count). The minimum atomic E-state index is -0.474. The van der Waals surface area contributed by atoms with Crippen molar-refractivity contribution < 1.29 is 9.90 Å². The van der Waals surface area contributed by atoms with Gasteiger partial charge in [0.05, 0.1) is 11.7 Å². The van der Waals surface area contributed by atoms with Gasteiger partial charge < -0.3 is 21.5 Å². The van der Waals surface area contributed by atoms with E-state index < -0.39 is 5.91 Å². The number of nitrogens with zero attached hydrogens (tertiary/aromatic N) is 1. The zero-order chi connectivity index (χ0) is 13.3. The van der Waals surface area contributed by atoms with Gasteiger partial charge in [0.25, 0.3) is 5.91 Å². The van der Waals surface area contributed by atoms with Crippen LogP contribution in [0.5, 0.6) is 0 Å². The van der Waals surface area contributed by atoms with Crippen molar-refractivity contribution in [2.24, 2.45) is 11.7 Å². The third-order valence-electron chi connectivity index (χ3n) is 3.44. The van der Waals surface area contributed by atoms with E-state index in [9.17, 15) is 9.90 Å². The molecule has 1 amide bonds. The molecule has 98 valence electrons. The van der Waals surface area contributed by atoms with Gasteiger partial charge in [-0.05, 0) is 37.0 Å². The number of carbonyl (C=O) groups is 1. The number of hydrogen-bond acceptors (Lipinski definition) is 4. The molecule has 0 radical (unpaired) electrons. The Balaban J connectivity index is 2.13. The maximum atomic E-state index is 11.4. The predicted molar refractivity (Wildman–Crippen MR) is 71.4 cm³/mol. The Morgan fingerprint density at radius 3 is 2.72 bits per heavy atom. The second kappa shape index (κ2) is 4.86. The molecule has 1 aliphatic carbocycles. The molecule has 0 heterocycles. The van der Waals surface area contributed by atoms with Crippen LogP contribution >= 0.6 is 0 Å². The average molecular weight is 249 g/mol. The number of nitrogen functional groups attached to an aromatic ring is 1. The summed E-state index contributed by atoms with van der Waals surface area (Å²) >= 11 is 0. The second-order valence-corrected chi connectivity index (χ2v) is 5.01. The van der Waals surface area contributed by atoms with E-state index >= 15 is 0 Å². The van der Waals surface area contributed by atoms with Crippen molar-refractivity contribution in [1.29, 1.82) is 0 Å². The highest BCUT2D eigenvalue weighted by atomic mass is 16.3. The molecule has 5 heteroatoms. The number of benzene rings is 1. The zero-order valence-corrected chi connectivity index (χ0v) is 10.5. The van der Waals surface area contributed by atoms with Crippen molar-refractivity contribution in [3.63, 3.8) is 0 Å². The van der Waals surface area contributed by atoms with Crippen LogP contribution < -0.4 is 16.4 Å². The summed E-state index contributed by atoms with van der Waals surface area (Å²) in [5, 5.41) is 9.27. The van der Waals surface area contributed by atoms with Crippen LogP contribution in [0.1, 0.15) is 23.2 Å². The number of carbonyl (C=O) groups excluding carboxylic acids is 1. The largest absolute Gasteiger partial charge is 0.399 e. The molecular formula is C13H19N3O2.